The Hall–Kier alpha value is -1.82. The minimum absolute atomic E-state index is 0.0380. The molecular weight excluding hydrogens is 282 g/mol. The van der Waals surface area contributed by atoms with Crippen molar-refractivity contribution in [2.75, 3.05) is 40.3 Å². The lowest BCUT2D eigenvalue weighted by Gasteiger charge is -2.19. The SMILES string of the molecule is Cc1ccc(CCNC(=O)C2CC(=O)N(CCN(C)C)C2)o1. The van der Waals surface area contributed by atoms with Crippen LogP contribution in [0.3, 0.4) is 0 Å². The van der Waals surface area contributed by atoms with Crippen LogP contribution in [-0.4, -0.2) is 61.9 Å². The van der Waals surface area contributed by atoms with Crippen molar-refractivity contribution < 1.29 is 14.0 Å². The first-order chi connectivity index (χ1) is 10.5. The van der Waals surface area contributed by atoms with Crippen LogP contribution in [0.4, 0.5) is 0 Å². The van der Waals surface area contributed by atoms with E-state index >= 15 is 0 Å². The van der Waals surface area contributed by atoms with Gasteiger partial charge in [0.15, 0.2) is 0 Å². The first kappa shape index (κ1) is 16.5. The summed E-state index contributed by atoms with van der Waals surface area (Å²) in [5.41, 5.74) is 0. The zero-order valence-corrected chi connectivity index (χ0v) is 13.6. The maximum absolute atomic E-state index is 12.1. The number of furan rings is 1. The van der Waals surface area contributed by atoms with Gasteiger partial charge in [-0.25, -0.2) is 0 Å². The van der Waals surface area contributed by atoms with Gasteiger partial charge in [0, 0.05) is 39.0 Å². The maximum Gasteiger partial charge on any atom is 0.225 e. The van der Waals surface area contributed by atoms with E-state index in [9.17, 15) is 9.59 Å². The van der Waals surface area contributed by atoms with Gasteiger partial charge >= 0.3 is 0 Å². The molecule has 1 N–H and O–H groups in total. The number of nitrogens with zero attached hydrogens (tertiary/aromatic N) is 2. The van der Waals surface area contributed by atoms with E-state index in [2.05, 4.69) is 5.32 Å². The number of amides is 2. The molecule has 1 unspecified atom stereocenters. The van der Waals surface area contributed by atoms with Crippen LogP contribution in [0.25, 0.3) is 0 Å². The Bertz CT molecular complexity index is 524. The number of hydrogen-bond donors (Lipinski definition) is 1. The van der Waals surface area contributed by atoms with Gasteiger partial charge in [0.1, 0.15) is 11.5 Å². The molecule has 1 aromatic heterocycles. The van der Waals surface area contributed by atoms with Crippen LogP contribution in [0.15, 0.2) is 16.5 Å². The lowest BCUT2D eigenvalue weighted by Crippen LogP contribution is -2.36. The van der Waals surface area contributed by atoms with E-state index in [1.165, 1.54) is 0 Å². The summed E-state index contributed by atoms with van der Waals surface area (Å²) in [5.74, 6) is 1.55. The molecule has 1 saturated heterocycles. The van der Waals surface area contributed by atoms with E-state index in [1.807, 2.05) is 38.1 Å². The van der Waals surface area contributed by atoms with Crippen molar-refractivity contribution in [1.82, 2.24) is 15.1 Å². The summed E-state index contributed by atoms with van der Waals surface area (Å²) < 4.78 is 5.46. The zero-order chi connectivity index (χ0) is 16.1. The Labute approximate surface area is 131 Å². The summed E-state index contributed by atoms with van der Waals surface area (Å²) in [6.07, 6.45) is 0.990. The Morgan fingerprint density at radius 2 is 2.23 bits per heavy atom. The van der Waals surface area contributed by atoms with Crippen molar-refractivity contribution in [1.29, 1.82) is 0 Å². The van der Waals surface area contributed by atoms with Crippen LogP contribution >= 0.6 is 0 Å². The molecule has 2 rings (SSSR count). The number of aryl methyl sites for hydroxylation is 1. The van der Waals surface area contributed by atoms with Gasteiger partial charge in [-0.1, -0.05) is 0 Å². The first-order valence-corrected chi connectivity index (χ1v) is 7.71. The summed E-state index contributed by atoms with van der Waals surface area (Å²) in [6.45, 7) is 4.46. The molecule has 0 saturated carbocycles. The molecular formula is C16H25N3O3. The normalized spacial score (nSPS) is 18.3. The van der Waals surface area contributed by atoms with Gasteiger partial charge in [0.2, 0.25) is 11.8 Å². The van der Waals surface area contributed by atoms with Crippen LogP contribution in [0.5, 0.6) is 0 Å². The van der Waals surface area contributed by atoms with Gasteiger partial charge in [-0.05, 0) is 33.2 Å². The van der Waals surface area contributed by atoms with Crippen LogP contribution in [0, 0.1) is 12.8 Å². The number of carbonyl (C=O) groups is 2. The van der Waals surface area contributed by atoms with Crippen molar-refractivity contribution >= 4 is 11.8 Å². The standard InChI is InChI=1S/C16H25N3O3/c1-12-4-5-14(22-12)6-7-17-16(21)13-10-15(20)19(11-13)9-8-18(2)3/h4-5,13H,6-11H2,1-3H3,(H,17,21). The van der Waals surface area contributed by atoms with E-state index in [-0.39, 0.29) is 17.7 Å². The summed E-state index contributed by atoms with van der Waals surface area (Å²) in [4.78, 5) is 27.9. The number of nitrogens with one attached hydrogen (secondary N) is 1. The van der Waals surface area contributed by atoms with Gasteiger partial charge in [0.05, 0.1) is 5.92 Å². The van der Waals surface area contributed by atoms with Gasteiger partial charge in [0.25, 0.3) is 0 Å². The molecule has 6 heteroatoms. The third kappa shape index (κ3) is 4.59. The first-order valence-electron chi connectivity index (χ1n) is 7.71. The van der Waals surface area contributed by atoms with E-state index in [1.54, 1.807) is 4.90 Å². The fourth-order valence-electron chi connectivity index (χ4n) is 2.56. The van der Waals surface area contributed by atoms with Gasteiger partial charge < -0.3 is 19.5 Å². The van der Waals surface area contributed by atoms with Crippen LogP contribution < -0.4 is 5.32 Å². The van der Waals surface area contributed by atoms with E-state index in [0.717, 1.165) is 18.1 Å². The molecule has 0 bridgehead atoms. The molecule has 2 amide bonds. The second-order valence-corrected chi connectivity index (χ2v) is 6.10. The molecule has 122 valence electrons. The van der Waals surface area contributed by atoms with Crippen molar-refractivity contribution in [3.05, 3.63) is 23.7 Å². The number of hydrogen-bond acceptors (Lipinski definition) is 4. The minimum atomic E-state index is -0.229. The molecule has 6 nitrogen and oxygen atoms in total. The average Bonchev–Trinajstić information content (AvgIpc) is 3.03. The molecule has 0 spiro atoms. The highest BCUT2D eigenvalue weighted by Crippen LogP contribution is 2.17. The maximum atomic E-state index is 12.1. The quantitative estimate of drug-likeness (QED) is 0.803. The average molecular weight is 307 g/mol. The molecule has 22 heavy (non-hydrogen) atoms. The topological polar surface area (TPSA) is 65.8 Å². The highest BCUT2D eigenvalue weighted by molar-refractivity contribution is 5.89. The van der Waals surface area contributed by atoms with Gasteiger partial charge in [-0.15, -0.1) is 0 Å². The number of rotatable bonds is 7. The number of likely N-dealkylation sites (N-methyl/N-ethyl adjacent to an activating group) is 1. The third-order valence-electron chi connectivity index (χ3n) is 3.87. The van der Waals surface area contributed by atoms with Crippen molar-refractivity contribution in [3.8, 4) is 0 Å². The minimum Gasteiger partial charge on any atom is -0.466 e. The Morgan fingerprint density at radius 1 is 1.45 bits per heavy atom. The summed E-state index contributed by atoms with van der Waals surface area (Å²) in [5, 5.41) is 2.90. The van der Waals surface area contributed by atoms with Gasteiger partial charge in [-0.3, -0.25) is 9.59 Å². The van der Waals surface area contributed by atoms with Crippen LogP contribution in [0.1, 0.15) is 17.9 Å². The smallest absolute Gasteiger partial charge is 0.225 e. The zero-order valence-electron chi connectivity index (χ0n) is 13.6. The highest BCUT2D eigenvalue weighted by Gasteiger charge is 2.33. The van der Waals surface area contributed by atoms with Crippen molar-refractivity contribution in [2.24, 2.45) is 5.92 Å². The third-order valence-corrected chi connectivity index (χ3v) is 3.87. The van der Waals surface area contributed by atoms with Crippen molar-refractivity contribution in [2.45, 2.75) is 19.8 Å². The highest BCUT2D eigenvalue weighted by atomic mass is 16.3. The van der Waals surface area contributed by atoms with E-state index in [0.29, 0.717) is 32.5 Å². The predicted octanol–water partition coefficient (Wildman–Crippen LogP) is 0.657. The molecule has 1 atom stereocenters. The Morgan fingerprint density at radius 3 is 2.86 bits per heavy atom. The molecule has 1 aliphatic heterocycles. The van der Waals surface area contributed by atoms with Crippen molar-refractivity contribution in [3.63, 3.8) is 0 Å². The second-order valence-electron chi connectivity index (χ2n) is 6.10. The van der Waals surface area contributed by atoms with E-state index in [4.69, 9.17) is 4.42 Å². The van der Waals surface area contributed by atoms with Crippen LogP contribution in [0.2, 0.25) is 0 Å². The number of likely N-dealkylation sites (tertiary alicyclic amines) is 1. The summed E-state index contributed by atoms with van der Waals surface area (Å²) in [7, 11) is 3.95. The fraction of sp³-hybridized carbons (Fsp3) is 0.625. The van der Waals surface area contributed by atoms with Crippen LogP contribution in [-0.2, 0) is 16.0 Å². The molecule has 0 aromatic carbocycles. The molecule has 1 aliphatic rings. The molecule has 2 heterocycles. The fourth-order valence-corrected chi connectivity index (χ4v) is 2.56. The molecule has 1 fully saturated rings. The molecule has 1 aromatic rings. The summed E-state index contributed by atoms with van der Waals surface area (Å²) >= 11 is 0. The second kappa shape index (κ2) is 7.45. The Balaban J connectivity index is 1.72. The Kier molecular flexibility index (Phi) is 5.60. The molecule has 0 aliphatic carbocycles. The van der Waals surface area contributed by atoms with Gasteiger partial charge in [-0.2, -0.15) is 0 Å². The monoisotopic (exact) mass is 307 g/mol. The lowest BCUT2D eigenvalue weighted by molar-refractivity contribution is -0.129. The lowest BCUT2D eigenvalue weighted by atomic mass is 10.1. The number of carbonyl (C=O) groups excluding carboxylic acids is 2. The van der Waals surface area contributed by atoms with E-state index < -0.39 is 0 Å². The predicted molar refractivity (Wildman–Crippen MR) is 83.4 cm³/mol. The summed E-state index contributed by atoms with van der Waals surface area (Å²) in [6, 6.07) is 3.83. The largest absolute Gasteiger partial charge is 0.466 e. The molecule has 0 radical (unpaired) electrons.